The number of aromatic nitrogens is 1. The van der Waals surface area contributed by atoms with E-state index in [-0.39, 0.29) is 17.6 Å². The number of nitrogens with zero attached hydrogens (tertiary/aromatic N) is 1. The number of anilines is 1. The monoisotopic (exact) mass is 357 g/mol. The van der Waals surface area contributed by atoms with Gasteiger partial charge in [-0.05, 0) is 41.5 Å². The summed E-state index contributed by atoms with van der Waals surface area (Å²) in [6, 6.07) is 21.4. The van der Waals surface area contributed by atoms with Crippen LogP contribution in [0.5, 0.6) is 0 Å². The third-order valence-corrected chi connectivity index (χ3v) is 4.55. The molecule has 27 heavy (non-hydrogen) atoms. The van der Waals surface area contributed by atoms with Crippen LogP contribution in [0.25, 0.3) is 22.2 Å². The molecule has 0 saturated carbocycles. The van der Waals surface area contributed by atoms with E-state index >= 15 is 0 Å². The van der Waals surface area contributed by atoms with Crippen molar-refractivity contribution in [2.75, 3.05) is 5.73 Å². The van der Waals surface area contributed by atoms with Gasteiger partial charge in [0.05, 0.1) is 11.6 Å². The van der Waals surface area contributed by atoms with Crippen LogP contribution >= 0.6 is 0 Å². The summed E-state index contributed by atoms with van der Waals surface area (Å²) < 4.78 is 5.45. The fourth-order valence-corrected chi connectivity index (χ4v) is 3.02. The third-order valence-electron chi connectivity index (χ3n) is 4.55. The lowest BCUT2D eigenvalue weighted by Crippen LogP contribution is -2.26. The zero-order chi connectivity index (χ0) is 18.8. The number of amides is 1. The minimum absolute atomic E-state index is 0.163. The average molecular weight is 357 g/mol. The second kappa shape index (κ2) is 6.96. The average Bonchev–Trinajstić information content (AvgIpc) is 3.18. The van der Waals surface area contributed by atoms with Crippen molar-refractivity contribution in [2.24, 2.45) is 0 Å². The molecule has 1 unspecified atom stereocenters. The Bertz CT molecular complexity index is 1120. The molecule has 134 valence electrons. The van der Waals surface area contributed by atoms with E-state index in [1.165, 1.54) is 11.6 Å². The van der Waals surface area contributed by atoms with Gasteiger partial charge in [-0.2, -0.15) is 0 Å². The lowest BCUT2D eigenvalue weighted by atomic mass is 10.0. The van der Waals surface area contributed by atoms with Gasteiger partial charge in [0.1, 0.15) is 6.26 Å². The quantitative estimate of drug-likeness (QED) is 0.524. The lowest BCUT2D eigenvalue weighted by molar-refractivity contribution is 0.0935. The molecule has 0 bridgehead atoms. The zero-order valence-electron chi connectivity index (χ0n) is 14.8. The van der Waals surface area contributed by atoms with Gasteiger partial charge >= 0.3 is 0 Å². The summed E-state index contributed by atoms with van der Waals surface area (Å²) in [7, 11) is 0. The molecule has 0 aliphatic heterocycles. The number of benzene rings is 3. The number of carbonyl (C=O) groups is 1. The van der Waals surface area contributed by atoms with E-state index in [1.54, 1.807) is 12.1 Å². The number of hydrogen-bond acceptors (Lipinski definition) is 4. The molecule has 1 amide bonds. The third kappa shape index (κ3) is 3.40. The SMILES string of the molecule is CC(NC(=O)c1coc(-c2ccccc2N)n1)c1ccc2ccccc2c1. The van der Waals surface area contributed by atoms with E-state index in [2.05, 4.69) is 34.6 Å². The molecular weight excluding hydrogens is 338 g/mol. The number of nitrogens with one attached hydrogen (secondary N) is 1. The summed E-state index contributed by atoms with van der Waals surface area (Å²) in [5.74, 6) is 0.0387. The molecule has 0 fully saturated rings. The molecule has 3 N–H and O–H groups in total. The molecular formula is C22H19N3O2. The molecule has 4 aromatic rings. The number of rotatable bonds is 4. The minimum Gasteiger partial charge on any atom is -0.444 e. The Labute approximate surface area is 156 Å². The van der Waals surface area contributed by atoms with Crippen molar-refractivity contribution in [1.29, 1.82) is 0 Å². The molecule has 4 rings (SSSR count). The van der Waals surface area contributed by atoms with Gasteiger partial charge in [-0.15, -0.1) is 0 Å². The number of fused-ring (bicyclic) bond motifs is 1. The zero-order valence-corrected chi connectivity index (χ0v) is 14.8. The summed E-state index contributed by atoms with van der Waals surface area (Å²) in [6.07, 6.45) is 1.35. The number of hydrogen-bond donors (Lipinski definition) is 2. The predicted molar refractivity (Wildman–Crippen MR) is 106 cm³/mol. The highest BCUT2D eigenvalue weighted by molar-refractivity contribution is 5.93. The highest BCUT2D eigenvalue weighted by Gasteiger charge is 2.17. The van der Waals surface area contributed by atoms with E-state index in [0.29, 0.717) is 17.1 Å². The van der Waals surface area contributed by atoms with E-state index < -0.39 is 0 Å². The number of oxazole rings is 1. The van der Waals surface area contributed by atoms with Crippen molar-refractivity contribution in [1.82, 2.24) is 10.3 Å². The molecule has 1 heterocycles. The van der Waals surface area contributed by atoms with Crippen LogP contribution in [-0.4, -0.2) is 10.9 Å². The molecule has 0 saturated heterocycles. The van der Waals surface area contributed by atoms with Crippen molar-refractivity contribution >= 4 is 22.4 Å². The van der Waals surface area contributed by atoms with Crippen LogP contribution in [0.2, 0.25) is 0 Å². The standard InChI is InChI=1S/C22H19N3O2/c1-14(16-11-10-15-6-2-3-7-17(15)12-16)24-21(26)20-13-27-22(25-20)18-8-4-5-9-19(18)23/h2-14H,23H2,1H3,(H,24,26). The van der Waals surface area contributed by atoms with Gasteiger partial charge in [0.25, 0.3) is 5.91 Å². The van der Waals surface area contributed by atoms with Gasteiger partial charge in [-0.3, -0.25) is 4.79 Å². The van der Waals surface area contributed by atoms with Crippen LogP contribution in [0.15, 0.2) is 77.4 Å². The van der Waals surface area contributed by atoms with E-state index in [0.717, 1.165) is 10.9 Å². The number of nitrogen functional groups attached to an aromatic ring is 1. The van der Waals surface area contributed by atoms with Gasteiger partial charge in [-0.25, -0.2) is 4.98 Å². The fourth-order valence-electron chi connectivity index (χ4n) is 3.02. The van der Waals surface area contributed by atoms with Crippen LogP contribution in [0.1, 0.15) is 29.0 Å². The predicted octanol–water partition coefficient (Wildman–Crippen LogP) is 4.57. The van der Waals surface area contributed by atoms with Crippen molar-refractivity contribution in [3.05, 3.63) is 84.3 Å². The second-order valence-corrected chi connectivity index (χ2v) is 6.43. The van der Waals surface area contributed by atoms with Crippen LogP contribution < -0.4 is 11.1 Å². The Morgan fingerprint density at radius 2 is 1.78 bits per heavy atom. The van der Waals surface area contributed by atoms with Crippen molar-refractivity contribution in [3.63, 3.8) is 0 Å². The van der Waals surface area contributed by atoms with Gasteiger partial charge < -0.3 is 15.5 Å². The van der Waals surface area contributed by atoms with Gasteiger partial charge in [0, 0.05) is 5.69 Å². The summed E-state index contributed by atoms with van der Waals surface area (Å²) in [4.78, 5) is 16.8. The van der Waals surface area contributed by atoms with Gasteiger partial charge in [0.15, 0.2) is 5.69 Å². The first-order valence-electron chi connectivity index (χ1n) is 8.72. The Kier molecular flexibility index (Phi) is 4.34. The number of nitrogens with two attached hydrogens (primary N) is 1. The molecule has 3 aromatic carbocycles. The minimum atomic E-state index is -0.292. The number of carbonyl (C=O) groups excluding carboxylic acids is 1. The topological polar surface area (TPSA) is 81.2 Å². The van der Waals surface area contributed by atoms with Crippen molar-refractivity contribution in [3.8, 4) is 11.5 Å². The maximum Gasteiger partial charge on any atom is 0.273 e. The van der Waals surface area contributed by atoms with Gasteiger partial charge in [0.2, 0.25) is 5.89 Å². The van der Waals surface area contributed by atoms with Crippen LogP contribution in [-0.2, 0) is 0 Å². The molecule has 5 nitrogen and oxygen atoms in total. The van der Waals surface area contributed by atoms with Crippen molar-refractivity contribution in [2.45, 2.75) is 13.0 Å². The van der Waals surface area contributed by atoms with Crippen LogP contribution in [0, 0.1) is 0 Å². The van der Waals surface area contributed by atoms with E-state index in [1.807, 2.05) is 37.3 Å². The maximum atomic E-state index is 12.6. The smallest absolute Gasteiger partial charge is 0.273 e. The van der Waals surface area contributed by atoms with E-state index in [9.17, 15) is 4.79 Å². The second-order valence-electron chi connectivity index (χ2n) is 6.43. The van der Waals surface area contributed by atoms with Crippen molar-refractivity contribution < 1.29 is 9.21 Å². The largest absolute Gasteiger partial charge is 0.444 e. The molecule has 0 spiro atoms. The molecule has 0 aliphatic carbocycles. The molecule has 0 aliphatic rings. The molecule has 5 heteroatoms. The first kappa shape index (κ1) is 16.8. The first-order valence-corrected chi connectivity index (χ1v) is 8.72. The Morgan fingerprint density at radius 3 is 2.59 bits per heavy atom. The highest BCUT2D eigenvalue weighted by Crippen LogP contribution is 2.25. The summed E-state index contributed by atoms with van der Waals surface area (Å²) in [5, 5.41) is 5.27. The summed E-state index contributed by atoms with van der Waals surface area (Å²) in [6.45, 7) is 1.94. The van der Waals surface area contributed by atoms with Gasteiger partial charge in [-0.1, -0.05) is 48.5 Å². The number of para-hydroxylation sites is 1. The molecule has 0 radical (unpaired) electrons. The van der Waals surface area contributed by atoms with Crippen LogP contribution in [0.3, 0.4) is 0 Å². The summed E-state index contributed by atoms with van der Waals surface area (Å²) >= 11 is 0. The Morgan fingerprint density at radius 1 is 1.04 bits per heavy atom. The van der Waals surface area contributed by atoms with Crippen LogP contribution in [0.4, 0.5) is 5.69 Å². The maximum absolute atomic E-state index is 12.6. The van der Waals surface area contributed by atoms with E-state index in [4.69, 9.17) is 10.2 Å². The summed E-state index contributed by atoms with van der Waals surface area (Å²) in [5.41, 5.74) is 8.41. The highest BCUT2D eigenvalue weighted by atomic mass is 16.3. The normalized spacial score (nSPS) is 12.0. The fraction of sp³-hybridized carbons (Fsp3) is 0.0909. The Balaban J connectivity index is 1.52. The molecule has 1 aromatic heterocycles. The lowest BCUT2D eigenvalue weighted by Gasteiger charge is -2.14. The molecule has 1 atom stereocenters. The Hall–Kier alpha value is -3.60. The first-order chi connectivity index (χ1) is 13.1.